The van der Waals surface area contributed by atoms with Gasteiger partial charge in [0.15, 0.2) is 5.16 Å². The van der Waals surface area contributed by atoms with Gasteiger partial charge in [-0.2, -0.15) is 0 Å². The highest BCUT2D eigenvalue weighted by molar-refractivity contribution is 8.00. The monoisotopic (exact) mass is 402 g/mol. The molecular weight excluding hydrogens is 384 g/mol. The second-order valence-corrected chi connectivity index (χ2v) is 7.61. The summed E-state index contributed by atoms with van der Waals surface area (Å²) in [6.45, 7) is 3.74. The number of thioether (sulfide) groups is 1. The number of halogens is 1. The molecule has 1 heterocycles. The number of anilines is 1. The van der Waals surface area contributed by atoms with E-state index in [2.05, 4.69) is 15.5 Å². The molecule has 0 aliphatic heterocycles. The predicted molar refractivity (Wildman–Crippen MR) is 108 cm³/mol. The Morgan fingerprint density at radius 2 is 2.07 bits per heavy atom. The minimum atomic E-state index is -0.388. The summed E-state index contributed by atoms with van der Waals surface area (Å²) in [4.78, 5) is 12.6. The van der Waals surface area contributed by atoms with E-state index >= 15 is 0 Å². The summed E-state index contributed by atoms with van der Waals surface area (Å²) in [5.74, 6) is 0.561. The van der Waals surface area contributed by atoms with Gasteiger partial charge in [-0.15, -0.1) is 10.2 Å². The molecule has 2 aromatic carbocycles. The van der Waals surface area contributed by atoms with E-state index < -0.39 is 0 Å². The Morgan fingerprint density at radius 3 is 2.85 bits per heavy atom. The molecule has 140 valence electrons. The molecule has 1 amide bonds. The van der Waals surface area contributed by atoms with Crippen LogP contribution in [0.5, 0.6) is 5.75 Å². The first-order valence-electron chi connectivity index (χ1n) is 8.26. The predicted octanol–water partition coefficient (Wildman–Crippen LogP) is 4.36. The molecule has 0 saturated carbocycles. The second kappa shape index (κ2) is 8.45. The number of hydrogen-bond acceptors (Lipinski definition) is 5. The Bertz CT molecular complexity index is 960. The van der Waals surface area contributed by atoms with Crippen LogP contribution in [-0.4, -0.2) is 33.0 Å². The third kappa shape index (κ3) is 4.43. The molecule has 0 saturated heterocycles. The van der Waals surface area contributed by atoms with Gasteiger partial charge in [0.05, 0.1) is 18.0 Å². The number of hydrogen-bond donors (Lipinski definition) is 1. The second-order valence-electron chi connectivity index (χ2n) is 5.86. The zero-order chi connectivity index (χ0) is 19.4. The van der Waals surface area contributed by atoms with Crippen LogP contribution in [0.4, 0.5) is 5.69 Å². The van der Waals surface area contributed by atoms with Crippen LogP contribution in [0.25, 0.3) is 5.69 Å². The molecule has 0 radical (unpaired) electrons. The van der Waals surface area contributed by atoms with E-state index in [0.29, 0.717) is 21.6 Å². The average molecular weight is 403 g/mol. The molecule has 0 aliphatic carbocycles. The first kappa shape index (κ1) is 19.3. The van der Waals surface area contributed by atoms with Crippen molar-refractivity contribution >= 4 is 35.0 Å². The van der Waals surface area contributed by atoms with Crippen molar-refractivity contribution in [3.8, 4) is 11.4 Å². The lowest BCUT2D eigenvalue weighted by molar-refractivity contribution is -0.115. The lowest BCUT2D eigenvalue weighted by Crippen LogP contribution is -2.23. The van der Waals surface area contributed by atoms with Gasteiger partial charge in [-0.1, -0.05) is 41.6 Å². The summed E-state index contributed by atoms with van der Waals surface area (Å²) >= 11 is 7.34. The van der Waals surface area contributed by atoms with E-state index in [9.17, 15) is 4.79 Å². The molecule has 3 rings (SSSR count). The highest BCUT2D eigenvalue weighted by Gasteiger charge is 2.20. The first-order valence-corrected chi connectivity index (χ1v) is 9.52. The summed E-state index contributed by atoms with van der Waals surface area (Å²) in [6.07, 6.45) is 1.60. The number of aromatic nitrogens is 3. The van der Waals surface area contributed by atoms with E-state index in [0.717, 1.165) is 11.3 Å². The summed E-state index contributed by atoms with van der Waals surface area (Å²) < 4.78 is 7.21. The standard InChI is InChI=1S/C19H19ClN4O2S/c1-12-8-9-14(20)10-15(12)22-18(25)13(2)27-19-23-21-11-24(19)16-6-4-5-7-17(16)26-3/h4-11,13H,1-3H3,(H,22,25). The van der Waals surface area contributed by atoms with Gasteiger partial charge in [0, 0.05) is 10.7 Å². The number of para-hydroxylation sites is 2. The maximum atomic E-state index is 12.6. The molecule has 27 heavy (non-hydrogen) atoms. The lowest BCUT2D eigenvalue weighted by atomic mass is 10.2. The Labute approximate surface area is 166 Å². The van der Waals surface area contributed by atoms with Gasteiger partial charge in [0.1, 0.15) is 12.1 Å². The van der Waals surface area contributed by atoms with Crippen LogP contribution in [0.2, 0.25) is 5.02 Å². The largest absolute Gasteiger partial charge is 0.495 e. The average Bonchev–Trinajstić information content (AvgIpc) is 3.12. The molecule has 0 fully saturated rings. The van der Waals surface area contributed by atoms with Crippen LogP contribution < -0.4 is 10.1 Å². The van der Waals surface area contributed by atoms with E-state index in [1.54, 1.807) is 30.1 Å². The van der Waals surface area contributed by atoms with Gasteiger partial charge in [-0.05, 0) is 43.7 Å². The van der Waals surface area contributed by atoms with Crippen molar-refractivity contribution in [2.45, 2.75) is 24.3 Å². The number of aryl methyl sites for hydroxylation is 1. The SMILES string of the molecule is COc1ccccc1-n1cnnc1SC(C)C(=O)Nc1cc(Cl)ccc1C. The Hall–Kier alpha value is -2.51. The van der Waals surface area contributed by atoms with Crippen LogP contribution in [0.1, 0.15) is 12.5 Å². The highest BCUT2D eigenvalue weighted by Crippen LogP contribution is 2.29. The molecule has 1 unspecified atom stereocenters. The molecule has 6 nitrogen and oxygen atoms in total. The smallest absolute Gasteiger partial charge is 0.237 e. The normalized spacial score (nSPS) is 11.9. The van der Waals surface area contributed by atoms with Crippen molar-refractivity contribution in [1.29, 1.82) is 0 Å². The van der Waals surface area contributed by atoms with E-state index in [-0.39, 0.29) is 11.2 Å². The summed E-state index contributed by atoms with van der Waals surface area (Å²) in [5, 5.41) is 11.8. The number of ether oxygens (including phenoxy) is 1. The van der Waals surface area contributed by atoms with Gasteiger partial charge in [0.25, 0.3) is 0 Å². The summed E-state index contributed by atoms with van der Waals surface area (Å²) in [7, 11) is 1.61. The fraction of sp³-hybridized carbons (Fsp3) is 0.211. The van der Waals surface area contributed by atoms with Crippen LogP contribution >= 0.6 is 23.4 Å². The number of methoxy groups -OCH3 is 1. The van der Waals surface area contributed by atoms with Crippen molar-refractivity contribution in [2.75, 3.05) is 12.4 Å². The Balaban J connectivity index is 1.77. The summed E-state index contributed by atoms with van der Waals surface area (Å²) in [6, 6.07) is 13.0. The van der Waals surface area contributed by atoms with Gasteiger partial charge >= 0.3 is 0 Å². The van der Waals surface area contributed by atoms with Crippen molar-refractivity contribution in [1.82, 2.24) is 14.8 Å². The van der Waals surface area contributed by atoms with Crippen LogP contribution in [-0.2, 0) is 4.79 Å². The van der Waals surface area contributed by atoms with E-state index in [1.807, 2.05) is 44.2 Å². The van der Waals surface area contributed by atoms with Gasteiger partial charge in [-0.3, -0.25) is 9.36 Å². The number of nitrogens with zero attached hydrogens (tertiary/aromatic N) is 3. The molecule has 1 N–H and O–H groups in total. The molecule has 3 aromatic rings. The molecule has 0 bridgehead atoms. The van der Waals surface area contributed by atoms with Crippen molar-refractivity contribution < 1.29 is 9.53 Å². The van der Waals surface area contributed by atoms with Crippen molar-refractivity contribution in [2.24, 2.45) is 0 Å². The first-order chi connectivity index (χ1) is 13.0. The molecule has 8 heteroatoms. The lowest BCUT2D eigenvalue weighted by Gasteiger charge is -2.15. The Kier molecular flexibility index (Phi) is 6.03. The maximum Gasteiger partial charge on any atom is 0.237 e. The minimum absolute atomic E-state index is 0.139. The van der Waals surface area contributed by atoms with Gasteiger partial charge in [0.2, 0.25) is 5.91 Å². The molecule has 0 spiro atoms. The third-order valence-corrected chi connectivity index (χ3v) is 5.26. The van der Waals surface area contributed by atoms with Crippen LogP contribution in [0, 0.1) is 6.92 Å². The summed E-state index contributed by atoms with van der Waals surface area (Å²) in [5.41, 5.74) is 2.46. The van der Waals surface area contributed by atoms with Gasteiger partial charge in [-0.25, -0.2) is 0 Å². The number of carbonyl (C=O) groups excluding carboxylic acids is 1. The molecule has 1 aromatic heterocycles. The topological polar surface area (TPSA) is 69.0 Å². The highest BCUT2D eigenvalue weighted by atomic mass is 35.5. The third-order valence-electron chi connectivity index (χ3n) is 3.97. The van der Waals surface area contributed by atoms with Crippen molar-refractivity contribution in [3.05, 3.63) is 59.4 Å². The minimum Gasteiger partial charge on any atom is -0.495 e. The van der Waals surface area contributed by atoms with Gasteiger partial charge < -0.3 is 10.1 Å². The maximum absolute atomic E-state index is 12.6. The number of amides is 1. The van der Waals surface area contributed by atoms with E-state index in [4.69, 9.17) is 16.3 Å². The van der Waals surface area contributed by atoms with Crippen LogP contribution in [0.15, 0.2) is 53.9 Å². The number of carbonyl (C=O) groups is 1. The fourth-order valence-electron chi connectivity index (χ4n) is 2.47. The molecule has 1 atom stereocenters. The number of benzene rings is 2. The number of nitrogens with one attached hydrogen (secondary N) is 1. The quantitative estimate of drug-likeness (QED) is 0.620. The van der Waals surface area contributed by atoms with Crippen molar-refractivity contribution in [3.63, 3.8) is 0 Å². The zero-order valence-corrected chi connectivity index (χ0v) is 16.7. The molecular formula is C19H19ClN4O2S. The van der Waals surface area contributed by atoms with Crippen LogP contribution in [0.3, 0.4) is 0 Å². The number of rotatable bonds is 6. The molecule has 0 aliphatic rings. The van der Waals surface area contributed by atoms with E-state index in [1.165, 1.54) is 11.8 Å². The Morgan fingerprint density at radius 1 is 1.30 bits per heavy atom. The zero-order valence-electron chi connectivity index (χ0n) is 15.1. The fourth-order valence-corrected chi connectivity index (χ4v) is 3.48.